The minimum Gasteiger partial charge on any atom is -0.370 e. The van der Waals surface area contributed by atoms with Crippen LogP contribution in [0.1, 0.15) is 74.6 Å². The number of likely N-dealkylation sites (tertiary alicyclic amines) is 1. The minimum absolute atomic E-state index is 0.0665. The molecule has 0 aromatic heterocycles. The van der Waals surface area contributed by atoms with Crippen molar-refractivity contribution in [3.63, 3.8) is 0 Å². The van der Waals surface area contributed by atoms with Gasteiger partial charge in [-0.25, -0.2) is 8.78 Å². The van der Waals surface area contributed by atoms with Gasteiger partial charge in [-0.15, -0.1) is 0 Å². The summed E-state index contributed by atoms with van der Waals surface area (Å²) in [5, 5.41) is 0. The highest BCUT2D eigenvalue weighted by Crippen LogP contribution is 2.34. The van der Waals surface area contributed by atoms with Crippen molar-refractivity contribution in [2.75, 3.05) is 19.6 Å². The van der Waals surface area contributed by atoms with Crippen molar-refractivity contribution in [2.45, 2.75) is 64.2 Å². The predicted octanol–water partition coefficient (Wildman–Crippen LogP) is 4.71. The van der Waals surface area contributed by atoms with Crippen molar-refractivity contribution in [1.82, 2.24) is 4.90 Å². The lowest BCUT2D eigenvalue weighted by Gasteiger charge is -2.34. The molecule has 2 N–H and O–H groups in total. The number of benzene rings is 1. The SMILES string of the molecule is NC(=O)CCCC1CCC(CCN2CCC(C(=O)c3ccc(F)c(F)c3)CC2)CC1. The summed E-state index contributed by atoms with van der Waals surface area (Å²) in [4.78, 5) is 25.9. The second-order valence-corrected chi connectivity index (χ2v) is 9.14. The number of amides is 1. The molecular formula is C24H34F2N2O2. The van der Waals surface area contributed by atoms with E-state index in [1.807, 2.05) is 0 Å². The van der Waals surface area contributed by atoms with Crippen LogP contribution in [0.2, 0.25) is 0 Å². The monoisotopic (exact) mass is 420 g/mol. The Hall–Kier alpha value is -1.82. The molecule has 0 spiro atoms. The zero-order valence-corrected chi connectivity index (χ0v) is 17.8. The number of nitrogens with zero attached hydrogens (tertiary/aromatic N) is 1. The lowest BCUT2D eigenvalue weighted by Crippen LogP contribution is -2.37. The van der Waals surface area contributed by atoms with E-state index in [0.29, 0.717) is 6.42 Å². The van der Waals surface area contributed by atoms with E-state index in [2.05, 4.69) is 4.90 Å². The quantitative estimate of drug-likeness (QED) is 0.589. The third-order valence-electron chi connectivity index (χ3n) is 7.02. The largest absolute Gasteiger partial charge is 0.370 e. The molecule has 3 rings (SSSR count). The molecule has 1 saturated carbocycles. The average molecular weight is 421 g/mol. The Morgan fingerprint density at radius 3 is 2.17 bits per heavy atom. The standard InChI is InChI=1S/C24H34F2N2O2/c25-21-9-8-20(16-22(21)26)24(30)19-11-14-28(15-12-19)13-10-18-6-4-17(5-7-18)2-1-3-23(27)29/h8-9,16-19H,1-7,10-15H2,(H2,27,29). The molecule has 0 atom stereocenters. The molecule has 6 heteroatoms. The maximum atomic E-state index is 13.4. The van der Waals surface area contributed by atoms with E-state index in [1.54, 1.807) is 0 Å². The van der Waals surface area contributed by atoms with E-state index >= 15 is 0 Å². The summed E-state index contributed by atoms with van der Waals surface area (Å²) in [7, 11) is 0. The Kier molecular flexibility index (Phi) is 8.37. The molecule has 4 nitrogen and oxygen atoms in total. The summed E-state index contributed by atoms with van der Waals surface area (Å²) in [6.07, 6.45) is 10.4. The lowest BCUT2D eigenvalue weighted by atomic mass is 9.78. The Morgan fingerprint density at radius 1 is 0.933 bits per heavy atom. The van der Waals surface area contributed by atoms with Crippen LogP contribution in [0, 0.1) is 29.4 Å². The highest BCUT2D eigenvalue weighted by atomic mass is 19.2. The van der Waals surface area contributed by atoms with E-state index in [1.165, 1.54) is 38.2 Å². The summed E-state index contributed by atoms with van der Waals surface area (Å²) >= 11 is 0. The van der Waals surface area contributed by atoms with E-state index in [9.17, 15) is 18.4 Å². The first-order valence-corrected chi connectivity index (χ1v) is 11.4. The van der Waals surface area contributed by atoms with Gasteiger partial charge in [0.1, 0.15) is 0 Å². The van der Waals surface area contributed by atoms with Crippen molar-refractivity contribution >= 4 is 11.7 Å². The van der Waals surface area contributed by atoms with Crippen molar-refractivity contribution in [3.05, 3.63) is 35.4 Å². The Balaban J connectivity index is 1.33. The zero-order valence-electron chi connectivity index (χ0n) is 17.8. The second kappa shape index (κ2) is 11.0. The van der Waals surface area contributed by atoms with Gasteiger partial charge < -0.3 is 10.6 Å². The Morgan fingerprint density at radius 2 is 1.57 bits per heavy atom. The molecule has 0 bridgehead atoms. The number of rotatable bonds is 9. The van der Waals surface area contributed by atoms with Gasteiger partial charge in [-0.2, -0.15) is 0 Å². The van der Waals surface area contributed by atoms with E-state index in [4.69, 9.17) is 5.73 Å². The summed E-state index contributed by atoms with van der Waals surface area (Å²) in [5.74, 6) is -0.705. The predicted molar refractivity (Wildman–Crippen MR) is 113 cm³/mol. The van der Waals surface area contributed by atoms with Gasteiger partial charge in [-0.1, -0.05) is 25.7 Å². The number of carbonyl (C=O) groups excluding carboxylic acids is 2. The fraction of sp³-hybridized carbons (Fsp3) is 0.667. The van der Waals surface area contributed by atoms with Crippen LogP contribution in [0.5, 0.6) is 0 Å². The molecule has 0 unspecified atom stereocenters. The van der Waals surface area contributed by atoms with Crippen LogP contribution in [0.4, 0.5) is 8.78 Å². The van der Waals surface area contributed by atoms with Crippen LogP contribution in [0.25, 0.3) is 0 Å². The summed E-state index contributed by atoms with van der Waals surface area (Å²) in [5.41, 5.74) is 5.49. The number of Topliss-reactive ketones (excluding diaryl/α,β-unsaturated/α-hetero) is 1. The fourth-order valence-corrected chi connectivity index (χ4v) is 5.04. The van der Waals surface area contributed by atoms with Crippen LogP contribution < -0.4 is 5.73 Å². The van der Waals surface area contributed by atoms with Gasteiger partial charge in [0.15, 0.2) is 17.4 Å². The van der Waals surface area contributed by atoms with Crippen LogP contribution in [0.3, 0.4) is 0 Å². The molecule has 1 heterocycles. The molecule has 2 aliphatic rings. The lowest BCUT2D eigenvalue weighted by molar-refractivity contribution is -0.118. The van der Waals surface area contributed by atoms with Crippen molar-refractivity contribution < 1.29 is 18.4 Å². The van der Waals surface area contributed by atoms with E-state index in [0.717, 1.165) is 69.3 Å². The highest BCUT2D eigenvalue weighted by molar-refractivity contribution is 5.97. The molecule has 30 heavy (non-hydrogen) atoms. The molecule has 1 saturated heterocycles. The van der Waals surface area contributed by atoms with E-state index in [-0.39, 0.29) is 23.2 Å². The van der Waals surface area contributed by atoms with Gasteiger partial charge in [-0.3, -0.25) is 9.59 Å². The first-order valence-electron chi connectivity index (χ1n) is 11.4. The number of primary amides is 1. The molecule has 1 aromatic carbocycles. The van der Waals surface area contributed by atoms with Gasteiger partial charge in [0.25, 0.3) is 0 Å². The van der Waals surface area contributed by atoms with Crippen molar-refractivity contribution in [2.24, 2.45) is 23.5 Å². The Bertz CT molecular complexity index is 724. The van der Waals surface area contributed by atoms with Crippen molar-refractivity contribution in [3.8, 4) is 0 Å². The number of nitrogens with two attached hydrogens (primary N) is 1. The Labute approximate surface area is 178 Å². The van der Waals surface area contributed by atoms with E-state index < -0.39 is 11.6 Å². The fourth-order valence-electron chi connectivity index (χ4n) is 5.04. The maximum Gasteiger partial charge on any atom is 0.217 e. The topological polar surface area (TPSA) is 63.4 Å². The first kappa shape index (κ1) is 22.9. The van der Waals surface area contributed by atoms with Crippen LogP contribution in [-0.2, 0) is 4.79 Å². The molecule has 0 radical (unpaired) electrons. The molecule has 166 valence electrons. The summed E-state index contributed by atoms with van der Waals surface area (Å²) in [6, 6.07) is 3.44. The maximum absolute atomic E-state index is 13.4. The third-order valence-corrected chi connectivity index (χ3v) is 7.02. The second-order valence-electron chi connectivity index (χ2n) is 9.14. The number of ketones is 1. The molecule has 2 fully saturated rings. The molecule has 1 aliphatic heterocycles. The third kappa shape index (κ3) is 6.59. The number of piperidine rings is 1. The number of hydrogen-bond acceptors (Lipinski definition) is 3. The average Bonchev–Trinajstić information content (AvgIpc) is 2.75. The van der Waals surface area contributed by atoms with Crippen molar-refractivity contribution in [1.29, 1.82) is 0 Å². The van der Waals surface area contributed by atoms with Crippen LogP contribution >= 0.6 is 0 Å². The molecule has 1 amide bonds. The van der Waals surface area contributed by atoms with Crippen LogP contribution in [-0.4, -0.2) is 36.2 Å². The normalized spacial score (nSPS) is 23.4. The van der Waals surface area contributed by atoms with Gasteiger partial charge in [0, 0.05) is 17.9 Å². The molecule has 1 aromatic rings. The zero-order chi connectivity index (χ0) is 21.5. The van der Waals surface area contributed by atoms with Crippen LogP contribution in [0.15, 0.2) is 18.2 Å². The smallest absolute Gasteiger partial charge is 0.217 e. The number of carbonyl (C=O) groups is 2. The summed E-state index contributed by atoms with van der Waals surface area (Å²) in [6.45, 7) is 2.86. The first-order chi connectivity index (χ1) is 14.4. The summed E-state index contributed by atoms with van der Waals surface area (Å²) < 4.78 is 26.5. The van der Waals surface area contributed by atoms with Gasteiger partial charge in [0.2, 0.25) is 5.91 Å². The molecule has 1 aliphatic carbocycles. The highest BCUT2D eigenvalue weighted by Gasteiger charge is 2.27. The minimum atomic E-state index is -0.958. The van der Waals surface area contributed by atoms with Gasteiger partial charge >= 0.3 is 0 Å². The molecular weight excluding hydrogens is 386 g/mol. The number of hydrogen-bond donors (Lipinski definition) is 1. The van der Waals surface area contributed by atoms with Gasteiger partial charge in [-0.05, 0) is 81.8 Å². The van der Waals surface area contributed by atoms with Gasteiger partial charge in [0.05, 0.1) is 0 Å². The number of halogens is 2.